The van der Waals surface area contributed by atoms with Crippen molar-refractivity contribution < 1.29 is 0 Å². The van der Waals surface area contributed by atoms with Gasteiger partial charge in [0.05, 0.1) is 0 Å². The number of rotatable bonds is 2. The number of fused-ring (bicyclic) bond motifs is 3. The lowest BCUT2D eigenvalue weighted by Crippen LogP contribution is -2.20. The molecule has 0 radical (unpaired) electrons. The van der Waals surface area contributed by atoms with E-state index in [1.165, 1.54) is 41.4 Å². The van der Waals surface area contributed by atoms with Crippen molar-refractivity contribution in [1.29, 1.82) is 0 Å². The summed E-state index contributed by atoms with van der Waals surface area (Å²) in [5, 5.41) is 4.78. The highest BCUT2D eigenvalue weighted by Gasteiger charge is 2.24. The summed E-state index contributed by atoms with van der Waals surface area (Å²) in [4.78, 5) is 3.64. The molecule has 1 unspecified atom stereocenters. The number of hydrogen-bond donors (Lipinski definition) is 2. The average molecular weight is 228 g/mol. The van der Waals surface area contributed by atoms with Crippen molar-refractivity contribution in [3.8, 4) is 0 Å². The Kier molecular flexibility index (Phi) is 2.67. The van der Waals surface area contributed by atoms with Gasteiger partial charge in [-0.1, -0.05) is 18.2 Å². The summed E-state index contributed by atoms with van der Waals surface area (Å²) in [5.74, 6) is 0.680. The fourth-order valence-corrected chi connectivity index (χ4v) is 3.22. The number of para-hydroxylation sites is 1. The van der Waals surface area contributed by atoms with E-state index in [2.05, 4.69) is 35.4 Å². The fourth-order valence-electron chi connectivity index (χ4n) is 3.22. The lowest BCUT2D eigenvalue weighted by molar-refractivity contribution is 0.529. The average Bonchev–Trinajstić information content (AvgIpc) is 2.71. The molecule has 0 aliphatic heterocycles. The van der Waals surface area contributed by atoms with Gasteiger partial charge in [0.1, 0.15) is 0 Å². The summed E-state index contributed by atoms with van der Waals surface area (Å²) in [6, 6.07) is 6.64. The minimum absolute atomic E-state index is 0.680. The van der Waals surface area contributed by atoms with Gasteiger partial charge >= 0.3 is 0 Å². The first-order chi connectivity index (χ1) is 8.31. The van der Waals surface area contributed by atoms with Gasteiger partial charge in [0.15, 0.2) is 0 Å². The number of nitrogens with one attached hydrogen (secondary N) is 2. The van der Waals surface area contributed by atoms with Crippen molar-refractivity contribution in [1.82, 2.24) is 10.3 Å². The minimum atomic E-state index is 0.680. The predicted molar refractivity (Wildman–Crippen MR) is 72.6 cm³/mol. The molecule has 17 heavy (non-hydrogen) atoms. The molecule has 0 bridgehead atoms. The second kappa shape index (κ2) is 4.19. The summed E-state index contributed by atoms with van der Waals surface area (Å²) in [6.07, 6.45) is 3.84. The van der Waals surface area contributed by atoms with Gasteiger partial charge in [0.25, 0.3) is 0 Å². The summed E-state index contributed by atoms with van der Waals surface area (Å²) >= 11 is 0. The normalized spacial score (nSPS) is 19.5. The van der Waals surface area contributed by atoms with Crippen molar-refractivity contribution in [3.05, 3.63) is 35.0 Å². The maximum atomic E-state index is 3.64. The van der Waals surface area contributed by atoms with Crippen molar-refractivity contribution in [2.75, 3.05) is 13.6 Å². The fraction of sp³-hybridized carbons (Fsp3) is 0.467. The number of aryl methyl sites for hydroxylation is 2. The van der Waals surface area contributed by atoms with Gasteiger partial charge in [-0.15, -0.1) is 0 Å². The van der Waals surface area contributed by atoms with E-state index in [0.717, 1.165) is 6.54 Å². The Morgan fingerprint density at radius 2 is 2.29 bits per heavy atom. The maximum absolute atomic E-state index is 3.64. The highest BCUT2D eigenvalue weighted by atomic mass is 14.8. The smallest absolute Gasteiger partial charge is 0.0488 e. The van der Waals surface area contributed by atoms with Gasteiger partial charge < -0.3 is 10.3 Å². The Morgan fingerprint density at radius 3 is 3.12 bits per heavy atom. The van der Waals surface area contributed by atoms with Crippen LogP contribution in [0.5, 0.6) is 0 Å². The Morgan fingerprint density at radius 1 is 1.41 bits per heavy atom. The van der Waals surface area contributed by atoms with Gasteiger partial charge in [-0.2, -0.15) is 0 Å². The lowest BCUT2D eigenvalue weighted by Gasteiger charge is -2.22. The molecule has 2 nitrogen and oxygen atoms in total. The Bertz CT molecular complexity index is 539. The van der Waals surface area contributed by atoms with Crippen LogP contribution in [0.25, 0.3) is 10.9 Å². The SMILES string of the molecule is CNCC1CCCc2[nH]c3c(C)cccc3c21. The Labute approximate surface area is 102 Å². The topological polar surface area (TPSA) is 27.8 Å². The van der Waals surface area contributed by atoms with Crippen LogP contribution in [0.1, 0.15) is 35.6 Å². The molecule has 1 heterocycles. The van der Waals surface area contributed by atoms with Crippen molar-refractivity contribution in [2.24, 2.45) is 0 Å². The van der Waals surface area contributed by atoms with Gasteiger partial charge in [0, 0.05) is 23.1 Å². The summed E-state index contributed by atoms with van der Waals surface area (Å²) in [7, 11) is 2.05. The van der Waals surface area contributed by atoms with E-state index in [0.29, 0.717) is 5.92 Å². The van der Waals surface area contributed by atoms with Crippen molar-refractivity contribution >= 4 is 10.9 Å². The van der Waals surface area contributed by atoms with E-state index >= 15 is 0 Å². The van der Waals surface area contributed by atoms with Crippen molar-refractivity contribution in [3.63, 3.8) is 0 Å². The van der Waals surface area contributed by atoms with E-state index in [9.17, 15) is 0 Å². The molecule has 1 atom stereocenters. The van der Waals surface area contributed by atoms with Crippen LogP contribution in [0, 0.1) is 6.92 Å². The number of aromatic nitrogens is 1. The molecule has 90 valence electrons. The summed E-state index contributed by atoms with van der Waals surface area (Å²) < 4.78 is 0. The van der Waals surface area contributed by atoms with Gasteiger partial charge in [-0.3, -0.25) is 0 Å². The largest absolute Gasteiger partial charge is 0.358 e. The van der Waals surface area contributed by atoms with Gasteiger partial charge in [0.2, 0.25) is 0 Å². The third-order valence-corrected chi connectivity index (χ3v) is 4.00. The van der Waals surface area contributed by atoms with Crippen LogP contribution in [-0.2, 0) is 6.42 Å². The Balaban J connectivity index is 2.20. The highest BCUT2D eigenvalue weighted by Crippen LogP contribution is 2.37. The molecule has 0 spiro atoms. The number of H-pyrrole nitrogens is 1. The number of hydrogen-bond acceptors (Lipinski definition) is 1. The molecule has 1 aromatic heterocycles. The number of likely N-dealkylation sites (N-methyl/N-ethyl adjacent to an activating group) is 1. The number of benzene rings is 1. The zero-order valence-electron chi connectivity index (χ0n) is 10.6. The molecule has 1 aliphatic rings. The molecular weight excluding hydrogens is 208 g/mol. The van der Waals surface area contributed by atoms with Crippen LogP contribution in [0.3, 0.4) is 0 Å². The molecule has 0 amide bonds. The molecule has 0 saturated heterocycles. The molecule has 0 saturated carbocycles. The zero-order valence-corrected chi connectivity index (χ0v) is 10.6. The van der Waals surface area contributed by atoms with Crippen LogP contribution in [-0.4, -0.2) is 18.6 Å². The van der Waals surface area contributed by atoms with E-state index in [4.69, 9.17) is 0 Å². The van der Waals surface area contributed by atoms with E-state index in [1.54, 1.807) is 5.56 Å². The van der Waals surface area contributed by atoms with Gasteiger partial charge in [-0.25, -0.2) is 0 Å². The molecule has 2 heteroatoms. The highest BCUT2D eigenvalue weighted by molar-refractivity contribution is 5.88. The predicted octanol–water partition coefficient (Wildman–Crippen LogP) is 3.12. The standard InChI is InChI=1S/C15H20N2/c1-10-5-3-7-12-14-11(9-16-2)6-4-8-13(14)17-15(10)12/h3,5,7,11,16-17H,4,6,8-9H2,1-2H3. The first kappa shape index (κ1) is 10.8. The minimum Gasteiger partial charge on any atom is -0.358 e. The summed E-state index contributed by atoms with van der Waals surface area (Å²) in [6.45, 7) is 3.28. The maximum Gasteiger partial charge on any atom is 0.0488 e. The third-order valence-electron chi connectivity index (χ3n) is 4.00. The van der Waals surface area contributed by atoms with Crippen LogP contribution >= 0.6 is 0 Å². The number of aromatic amines is 1. The summed E-state index contributed by atoms with van der Waals surface area (Å²) in [5.41, 5.74) is 5.76. The quantitative estimate of drug-likeness (QED) is 0.812. The Hall–Kier alpha value is -1.28. The van der Waals surface area contributed by atoms with Crippen LogP contribution in [0.15, 0.2) is 18.2 Å². The van der Waals surface area contributed by atoms with Crippen LogP contribution in [0.2, 0.25) is 0 Å². The molecular formula is C15H20N2. The molecule has 1 aromatic carbocycles. The van der Waals surface area contributed by atoms with E-state index in [1.807, 2.05) is 7.05 Å². The zero-order chi connectivity index (χ0) is 11.8. The molecule has 2 N–H and O–H groups in total. The molecule has 1 aliphatic carbocycles. The monoisotopic (exact) mass is 228 g/mol. The van der Waals surface area contributed by atoms with Gasteiger partial charge in [-0.05, 0) is 50.3 Å². The van der Waals surface area contributed by atoms with Crippen LogP contribution in [0.4, 0.5) is 0 Å². The second-order valence-corrected chi connectivity index (χ2v) is 5.16. The molecule has 3 rings (SSSR count). The lowest BCUT2D eigenvalue weighted by atomic mass is 9.85. The van der Waals surface area contributed by atoms with E-state index in [-0.39, 0.29) is 0 Å². The third kappa shape index (κ3) is 1.67. The first-order valence-electron chi connectivity index (χ1n) is 6.56. The molecule has 0 fully saturated rings. The molecule has 2 aromatic rings. The van der Waals surface area contributed by atoms with Crippen molar-refractivity contribution in [2.45, 2.75) is 32.1 Å². The first-order valence-corrected chi connectivity index (χ1v) is 6.56. The second-order valence-electron chi connectivity index (χ2n) is 5.16. The van der Waals surface area contributed by atoms with E-state index < -0.39 is 0 Å². The van der Waals surface area contributed by atoms with Crippen LogP contribution < -0.4 is 5.32 Å².